The lowest BCUT2D eigenvalue weighted by Crippen LogP contribution is -2.33. The number of hydrogen-bond donors (Lipinski definition) is 1. The van der Waals surface area contributed by atoms with Gasteiger partial charge in [0.05, 0.1) is 0 Å². The number of carboxylic acids is 1. The van der Waals surface area contributed by atoms with Crippen LogP contribution in [0.1, 0.15) is 25.5 Å². The third kappa shape index (κ3) is 3.00. The van der Waals surface area contributed by atoms with Crippen LogP contribution in [0.15, 0.2) is 18.2 Å². The van der Waals surface area contributed by atoms with E-state index in [0.29, 0.717) is 13.1 Å². The summed E-state index contributed by atoms with van der Waals surface area (Å²) in [7, 11) is 0. The lowest BCUT2D eigenvalue weighted by Gasteiger charge is -2.26. The molecule has 0 aliphatic rings. The van der Waals surface area contributed by atoms with E-state index >= 15 is 0 Å². The Hall–Kier alpha value is -1.49. The summed E-state index contributed by atoms with van der Waals surface area (Å²) in [5, 5.41) is 9.16. The maximum absolute atomic E-state index is 13.1. The maximum atomic E-state index is 13.1. The first-order chi connectivity index (χ1) is 8.01. The van der Waals surface area contributed by atoms with Gasteiger partial charge in [0.2, 0.25) is 0 Å². The van der Waals surface area contributed by atoms with Crippen molar-refractivity contribution in [3.05, 3.63) is 35.4 Å². The van der Waals surface area contributed by atoms with Gasteiger partial charge in [0.25, 0.3) is 0 Å². The van der Waals surface area contributed by atoms with Gasteiger partial charge in [-0.3, -0.25) is 9.69 Å². The highest BCUT2D eigenvalue weighted by Gasteiger charge is 2.26. The Balaban J connectivity index is 3.13. The molecule has 0 fully saturated rings. The number of halogens is 2. The van der Waals surface area contributed by atoms with E-state index in [0.717, 1.165) is 12.1 Å². The average Bonchev–Trinajstić information content (AvgIpc) is 2.29. The molecule has 1 unspecified atom stereocenters. The number of carbonyl (C=O) groups is 1. The fraction of sp³-hybridized carbons (Fsp3) is 0.417. The molecule has 0 bridgehead atoms. The zero-order chi connectivity index (χ0) is 13.0. The van der Waals surface area contributed by atoms with Gasteiger partial charge in [-0.1, -0.05) is 19.9 Å². The second-order valence-electron chi connectivity index (χ2n) is 3.64. The van der Waals surface area contributed by atoms with E-state index in [2.05, 4.69) is 0 Å². The van der Waals surface area contributed by atoms with E-state index in [1.165, 1.54) is 6.07 Å². The molecule has 0 saturated carbocycles. The third-order valence-corrected chi connectivity index (χ3v) is 2.67. The van der Waals surface area contributed by atoms with E-state index < -0.39 is 23.6 Å². The molecule has 0 amide bonds. The van der Waals surface area contributed by atoms with Crippen molar-refractivity contribution in [1.29, 1.82) is 0 Å². The molecule has 0 heterocycles. The molecular weight excluding hydrogens is 228 g/mol. The third-order valence-electron chi connectivity index (χ3n) is 2.67. The van der Waals surface area contributed by atoms with Crippen molar-refractivity contribution < 1.29 is 18.7 Å². The first kappa shape index (κ1) is 13.6. The minimum absolute atomic E-state index is 0.250. The summed E-state index contributed by atoms with van der Waals surface area (Å²) in [5.74, 6) is -3.07. The number of likely N-dealkylation sites (N-methyl/N-ethyl adjacent to an activating group) is 1. The van der Waals surface area contributed by atoms with Crippen LogP contribution >= 0.6 is 0 Å². The highest BCUT2D eigenvalue weighted by Crippen LogP contribution is 2.22. The van der Waals surface area contributed by atoms with Crippen LogP contribution < -0.4 is 0 Å². The molecule has 1 N–H and O–H groups in total. The van der Waals surface area contributed by atoms with E-state index in [9.17, 15) is 13.6 Å². The van der Waals surface area contributed by atoms with Crippen molar-refractivity contribution in [3.8, 4) is 0 Å². The zero-order valence-electron chi connectivity index (χ0n) is 9.78. The van der Waals surface area contributed by atoms with Gasteiger partial charge >= 0.3 is 5.97 Å². The Bertz CT molecular complexity index is 405. The molecule has 0 radical (unpaired) electrons. The molecule has 1 aromatic carbocycles. The number of benzene rings is 1. The normalized spacial score (nSPS) is 12.8. The molecule has 5 heteroatoms. The Labute approximate surface area is 98.7 Å². The summed E-state index contributed by atoms with van der Waals surface area (Å²) < 4.78 is 25.9. The first-order valence-electron chi connectivity index (χ1n) is 5.43. The van der Waals surface area contributed by atoms with Crippen molar-refractivity contribution in [2.75, 3.05) is 13.1 Å². The second-order valence-corrected chi connectivity index (χ2v) is 3.64. The summed E-state index contributed by atoms with van der Waals surface area (Å²) in [5.41, 5.74) is 0.250. The predicted octanol–water partition coefficient (Wildman–Crippen LogP) is 2.43. The first-order valence-corrected chi connectivity index (χ1v) is 5.43. The molecule has 1 atom stereocenters. The van der Waals surface area contributed by atoms with Crippen LogP contribution in [-0.4, -0.2) is 29.1 Å². The number of carboxylic acid groups (broad SMARTS) is 1. The molecular formula is C12H15F2NO2. The van der Waals surface area contributed by atoms with E-state index in [-0.39, 0.29) is 5.56 Å². The molecule has 0 aliphatic heterocycles. The summed E-state index contributed by atoms with van der Waals surface area (Å²) in [6, 6.07) is 2.24. The molecule has 0 aromatic heterocycles. The van der Waals surface area contributed by atoms with Gasteiger partial charge in [-0.2, -0.15) is 0 Å². The van der Waals surface area contributed by atoms with Crippen LogP contribution in [0.25, 0.3) is 0 Å². The smallest absolute Gasteiger partial charge is 0.325 e. The fourth-order valence-corrected chi connectivity index (χ4v) is 1.78. The SMILES string of the molecule is CCN(CC)C(C(=O)O)c1ccc(F)c(F)c1. The van der Waals surface area contributed by atoms with Crippen LogP contribution in [0.5, 0.6) is 0 Å². The summed E-state index contributed by atoms with van der Waals surface area (Å²) in [6.07, 6.45) is 0. The summed E-state index contributed by atoms with van der Waals surface area (Å²) in [6.45, 7) is 4.68. The lowest BCUT2D eigenvalue weighted by molar-refractivity contribution is -0.143. The van der Waals surface area contributed by atoms with Gasteiger partial charge < -0.3 is 5.11 Å². The van der Waals surface area contributed by atoms with Crippen molar-refractivity contribution >= 4 is 5.97 Å². The molecule has 0 saturated heterocycles. The Morgan fingerprint density at radius 1 is 1.29 bits per heavy atom. The van der Waals surface area contributed by atoms with E-state index in [4.69, 9.17) is 5.11 Å². The average molecular weight is 243 g/mol. The van der Waals surface area contributed by atoms with Gasteiger partial charge in [0.1, 0.15) is 6.04 Å². The Kier molecular flexibility index (Phi) is 4.57. The minimum Gasteiger partial charge on any atom is -0.480 e. The highest BCUT2D eigenvalue weighted by molar-refractivity contribution is 5.75. The standard InChI is InChI=1S/C12H15F2NO2/c1-3-15(4-2)11(12(16)17)8-5-6-9(13)10(14)7-8/h5-7,11H,3-4H2,1-2H3,(H,16,17). The van der Waals surface area contributed by atoms with Crippen molar-refractivity contribution in [2.24, 2.45) is 0 Å². The zero-order valence-corrected chi connectivity index (χ0v) is 9.78. The summed E-state index contributed by atoms with van der Waals surface area (Å²) in [4.78, 5) is 12.9. The van der Waals surface area contributed by atoms with Crippen molar-refractivity contribution in [2.45, 2.75) is 19.9 Å². The molecule has 1 aromatic rings. The quantitative estimate of drug-likeness (QED) is 0.863. The monoisotopic (exact) mass is 243 g/mol. The Morgan fingerprint density at radius 3 is 2.29 bits per heavy atom. The maximum Gasteiger partial charge on any atom is 0.325 e. The number of aliphatic carboxylic acids is 1. The van der Waals surface area contributed by atoms with Gasteiger partial charge in [0.15, 0.2) is 11.6 Å². The second kappa shape index (κ2) is 5.72. The Morgan fingerprint density at radius 2 is 1.88 bits per heavy atom. The van der Waals surface area contributed by atoms with Crippen LogP contribution in [0, 0.1) is 11.6 Å². The molecule has 3 nitrogen and oxygen atoms in total. The highest BCUT2D eigenvalue weighted by atomic mass is 19.2. The predicted molar refractivity (Wildman–Crippen MR) is 59.7 cm³/mol. The van der Waals surface area contributed by atoms with E-state index in [1.54, 1.807) is 4.90 Å². The van der Waals surface area contributed by atoms with Gasteiger partial charge in [0, 0.05) is 0 Å². The molecule has 0 aliphatic carbocycles. The van der Waals surface area contributed by atoms with Crippen LogP contribution in [0.4, 0.5) is 8.78 Å². The van der Waals surface area contributed by atoms with Crippen molar-refractivity contribution in [1.82, 2.24) is 4.90 Å². The van der Waals surface area contributed by atoms with Gasteiger partial charge in [-0.25, -0.2) is 8.78 Å². The molecule has 0 spiro atoms. The fourth-order valence-electron chi connectivity index (χ4n) is 1.78. The minimum atomic E-state index is -1.07. The van der Waals surface area contributed by atoms with Gasteiger partial charge in [-0.05, 0) is 30.8 Å². The topological polar surface area (TPSA) is 40.5 Å². The van der Waals surface area contributed by atoms with E-state index in [1.807, 2.05) is 13.8 Å². The van der Waals surface area contributed by atoms with Crippen LogP contribution in [-0.2, 0) is 4.79 Å². The van der Waals surface area contributed by atoms with Crippen LogP contribution in [0.3, 0.4) is 0 Å². The van der Waals surface area contributed by atoms with Crippen molar-refractivity contribution in [3.63, 3.8) is 0 Å². The largest absolute Gasteiger partial charge is 0.480 e. The van der Waals surface area contributed by atoms with Gasteiger partial charge in [-0.15, -0.1) is 0 Å². The number of rotatable bonds is 5. The molecule has 94 valence electrons. The number of nitrogens with zero attached hydrogens (tertiary/aromatic N) is 1. The lowest BCUT2D eigenvalue weighted by atomic mass is 10.0. The summed E-state index contributed by atoms with van der Waals surface area (Å²) >= 11 is 0. The molecule has 1 rings (SSSR count). The molecule has 17 heavy (non-hydrogen) atoms. The van der Waals surface area contributed by atoms with Crippen LogP contribution in [0.2, 0.25) is 0 Å². The number of hydrogen-bond acceptors (Lipinski definition) is 2.